The summed E-state index contributed by atoms with van der Waals surface area (Å²) in [6.45, 7) is 0. The largest absolute Gasteiger partial charge is 0.294 e. The number of ketones is 1. The van der Waals surface area contributed by atoms with Crippen LogP contribution in [-0.2, 0) is 6.42 Å². The number of thiocarbonyl (C=S) groups is 1. The van der Waals surface area contributed by atoms with Crippen molar-refractivity contribution in [2.45, 2.75) is 12.8 Å². The fourth-order valence-electron chi connectivity index (χ4n) is 1.91. The second kappa shape index (κ2) is 6.34. The van der Waals surface area contributed by atoms with E-state index in [1.54, 1.807) is 5.37 Å². The lowest BCUT2D eigenvalue weighted by Crippen LogP contribution is -2.02. The number of Topliss-reactive ketones (excluding diaryl/α,β-unsaturated/α-hetero) is 1. The number of aryl methyl sites for hydroxylation is 1. The van der Waals surface area contributed by atoms with Gasteiger partial charge in [0, 0.05) is 17.4 Å². The minimum atomic E-state index is -0.331. The first-order valence-electron chi connectivity index (χ1n) is 6.02. The minimum Gasteiger partial charge on any atom is -0.294 e. The molecule has 0 saturated heterocycles. The highest BCUT2D eigenvalue weighted by Crippen LogP contribution is 2.12. The maximum Gasteiger partial charge on any atom is 0.163 e. The van der Waals surface area contributed by atoms with Crippen LogP contribution in [0.15, 0.2) is 48.5 Å². The van der Waals surface area contributed by atoms with Gasteiger partial charge >= 0.3 is 0 Å². The molecule has 0 N–H and O–H groups in total. The molecule has 2 aromatic rings. The van der Waals surface area contributed by atoms with Crippen molar-refractivity contribution in [3.63, 3.8) is 0 Å². The van der Waals surface area contributed by atoms with E-state index in [-0.39, 0.29) is 11.6 Å². The SMILES string of the molecule is O=C(CCc1ccccc1C=S)c1ccc(F)cc1. The zero-order valence-corrected chi connectivity index (χ0v) is 11.1. The molecule has 0 aliphatic heterocycles. The summed E-state index contributed by atoms with van der Waals surface area (Å²) in [6, 6.07) is 13.4. The molecule has 0 saturated carbocycles. The second-order valence-corrected chi connectivity index (χ2v) is 4.48. The van der Waals surface area contributed by atoms with Crippen molar-refractivity contribution < 1.29 is 9.18 Å². The zero-order chi connectivity index (χ0) is 13.7. The average Bonchev–Trinajstić information content (AvgIpc) is 2.45. The van der Waals surface area contributed by atoms with Crippen molar-refractivity contribution in [1.29, 1.82) is 0 Å². The van der Waals surface area contributed by atoms with Gasteiger partial charge in [0.2, 0.25) is 0 Å². The first-order chi connectivity index (χ1) is 9.20. The van der Waals surface area contributed by atoms with Crippen LogP contribution < -0.4 is 0 Å². The van der Waals surface area contributed by atoms with Gasteiger partial charge in [-0.2, -0.15) is 0 Å². The van der Waals surface area contributed by atoms with E-state index in [0.29, 0.717) is 18.4 Å². The van der Waals surface area contributed by atoms with Gasteiger partial charge < -0.3 is 0 Å². The van der Waals surface area contributed by atoms with Crippen molar-refractivity contribution >= 4 is 23.4 Å². The van der Waals surface area contributed by atoms with E-state index < -0.39 is 0 Å². The van der Waals surface area contributed by atoms with Crippen LogP contribution in [0, 0.1) is 5.82 Å². The summed E-state index contributed by atoms with van der Waals surface area (Å²) in [4.78, 5) is 12.0. The molecule has 0 radical (unpaired) electrons. The molecule has 0 fully saturated rings. The molecule has 0 aliphatic carbocycles. The topological polar surface area (TPSA) is 17.1 Å². The molecule has 19 heavy (non-hydrogen) atoms. The Morgan fingerprint density at radius 3 is 2.47 bits per heavy atom. The van der Waals surface area contributed by atoms with Crippen LogP contribution in [0.1, 0.15) is 27.9 Å². The van der Waals surface area contributed by atoms with Gasteiger partial charge in [-0.25, -0.2) is 4.39 Å². The molecule has 0 heterocycles. The molecule has 96 valence electrons. The van der Waals surface area contributed by atoms with E-state index in [1.807, 2.05) is 24.3 Å². The van der Waals surface area contributed by atoms with Crippen molar-refractivity contribution in [3.8, 4) is 0 Å². The number of carbonyl (C=O) groups excluding carboxylic acids is 1. The van der Waals surface area contributed by atoms with Crippen LogP contribution in [0.5, 0.6) is 0 Å². The van der Waals surface area contributed by atoms with Gasteiger partial charge in [-0.05, 0) is 41.8 Å². The Morgan fingerprint density at radius 1 is 1.11 bits per heavy atom. The van der Waals surface area contributed by atoms with Crippen molar-refractivity contribution in [1.82, 2.24) is 0 Å². The Balaban J connectivity index is 2.04. The van der Waals surface area contributed by atoms with Gasteiger partial charge in [0.25, 0.3) is 0 Å². The van der Waals surface area contributed by atoms with Crippen LogP contribution in [-0.4, -0.2) is 11.2 Å². The Labute approximate surface area is 117 Å². The van der Waals surface area contributed by atoms with E-state index in [4.69, 9.17) is 12.2 Å². The van der Waals surface area contributed by atoms with Gasteiger partial charge in [0.05, 0.1) is 0 Å². The molecule has 2 aromatic carbocycles. The van der Waals surface area contributed by atoms with E-state index in [2.05, 4.69) is 0 Å². The lowest BCUT2D eigenvalue weighted by atomic mass is 10.00. The van der Waals surface area contributed by atoms with Gasteiger partial charge in [-0.3, -0.25) is 4.79 Å². The Bertz CT molecular complexity index is 590. The second-order valence-electron chi connectivity index (χ2n) is 4.25. The maximum absolute atomic E-state index is 12.8. The molecular formula is C16H13FOS. The molecule has 0 aromatic heterocycles. The molecule has 2 rings (SSSR count). The summed E-state index contributed by atoms with van der Waals surface area (Å²) >= 11 is 4.94. The third kappa shape index (κ3) is 3.55. The monoisotopic (exact) mass is 272 g/mol. The molecule has 0 amide bonds. The smallest absolute Gasteiger partial charge is 0.163 e. The molecule has 0 atom stereocenters. The zero-order valence-electron chi connectivity index (χ0n) is 10.3. The number of hydrogen-bond donors (Lipinski definition) is 0. The standard InChI is InChI=1S/C16H13FOS/c17-15-8-5-13(6-9-15)16(18)10-7-12-3-1-2-4-14(12)11-19/h1-6,8-9,11H,7,10H2. The Morgan fingerprint density at radius 2 is 1.79 bits per heavy atom. The van der Waals surface area contributed by atoms with Crippen LogP contribution in [0.2, 0.25) is 0 Å². The highest BCUT2D eigenvalue weighted by atomic mass is 32.1. The molecule has 0 spiro atoms. The Hall–Kier alpha value is -1.87. The van der Waals surface area contributed by atoms with E-state index in [9.17, 15) is 9.18 Å². The van der Waals surface area contributed by atoms with Gasteiger partial charge in [-0.15, -0.1) is 0 Å². The molecular weight excluding hydrogens is 259 g/mol. The minimum absolute atomic E-state index is 0.0131. The maximum atomic E-state index is 12.8. The number of benzene rings is 2. The predicted molar refractivity (Wildman–Crippen MR) is 78.3 cm³/mol. The summed E-state index contributed by atoms with van der Waals surface area (Å²) in [5.74, 6) is -0.318. The fraction of sp³-hybridized carbons (Fsp3) is 0.125. The number of carbonyl (C=O) groups is 1. The van der Waals surface area contributed by atoms with Gasteiger partial charge in [-0.1, -0.05) is 36.5 Å². The summed E-state index contributed by atoms with van der Waals surface area (Å²) in [5.41, 5.74) is 2.58. The highest BCUT2D eigenvalue weighted by Gasteiger charge is 2.07. The summed E-state index contributed by atoms with van der Waals surface area (Å²) in [7, 11) is 0. The van der Waals surface area contributed by atoms with Gasteiger partial charge in [0.15, 0.2) is 5.78 Å². The normalized spacial score (nSPS) is 10.2. The Kier molecular flexibility index (Phi) is 4.53. The van der Waals surface area contributed by atoms with E-state index >= 15 is 0 Å². The molecule has 0 aliphatic rings. The first-order valence-corrected chi connectivity index (χ1v) is 6.49. The first kappa shape index (κ1) is 13.6. The van der Waals surface area contributed by atoms with Gasteiger partial charge in [0.1, 0.15) is 5.82 Å². The van der Waals surface area contributed by atoms with Crippen molar-refractivity contribution in [2.24, 2.45) is 0 Å². The van der Waals surface area contributed by atoms with Crippen LogP contribution in [0.3, 0.4) is 0 Å². The van der Waals surface area contributed by atoms with Crippen LogP contribution in [0.4, 0.5) is 4.39 Å². The van der Waals surface area contributed by atoms with Crippen molar-refractivity contribution in [3.05, 3.63) is 71.0 Å². The molecule has 0 unspecified atom stereocenters. The third-order valence-electron chi connectivity index (χ3n) is 2.97. The van der Waals surface area contributed by atoms with E-state index in [1.165, 1.54) is 24.3 Å². The predicted octanol–water partition coefficient (Wildman–Crippen LogP) is 3.99. The number of hydrogen-bond acceptors (Lipinski definition) is 2. The lowest BCUT2D eigenvalue weighted by Gasteiger charge is -2.05. The number of rotatable bonds is 5. The molecule has 3 heteroatoms. The van der Waals surface area contributed by atoms with Crippen molar-refractivity contribution in [2.75, 3.05) is 0 Å². The number of halogens is 1. The fourth-order valence-corrected chi connectivity index (χ4v) is 2.14. The molecule has 1 nitrogen and oxygen atoms in total. The third-order valence-corrected chi connectivity index (χ3v) is 3.22. The quantitative estimate of drug-likeness (QED) is 0.604. The summed E-state index contributed by atoms with van der Waals surface area (Å²) < 4.78 is 12.8. The molecule has 0 bridgehead atoms. The summed E-state index contributed by atoms with van der Waals surface area (Å²) in [5, 5.41) is 1.62. The van der Waals surface area contributed by atoms with Crippen LogP contribution >= 0.6 is 12.2 Å². The van der Waals surface area contributed by atoms with E-state index in [0.717, 1.165) is 11.1 Å². The highest BCUT2D eigenvalue weighted by molar-refractivity contribution is 7.79. The lowest BCUT2D eigenvalue weighted by molar-refractivity contribution is 0.0983. The average molecular weight is 272 g/mol. The summed E-state index contributed by atoms with van der Waals surface area (Å²) in [6.07, 6.45) is 1.03. The van der Waals surface area contributed by atoms with Crippen LogP contribution in [0.25, 0.3) is 0 Å².